The van der Waals surface area contributed by atoms with Crippen LogP contribution in [-0.4, -0.2) is 43.7 Å². The summed E-state index contributed by atoms with van der Waals surface area (Å²) in [5.74, 6) is 0.655. The van der Waals surface area contributed by atoms with Gasteiger partial charge in [-0.2, -0.15) is 13.2 Å². The van der Waals surface area contributed by atoms with Crippen LogP contribution in [0.2, 0.25) is 0 Å². The van der Waals surface area contributed by atoms with Gasteiger partial charge in [0.1, 0.15) is 0 Å². The van der Waals surface area contributed by atoms with Gasteiger partial charge in [-0.15, -0.1) is 0 Å². The van der Waals surface area contributed by atoms with E-state index in [-0.39, 0.29) is 13.0 Å². The number of aliphatic hydroxyl groups excluding tert-OH is 1. The van der Waals surface area contributed by atoms with E-state index in [0.717, 1.165) is 12.8 Å². The van der Waals surface area contributed by atoms with Crippen molar-refractivity contribution in [1.29, 1.82) is 0 Å². The summed E-state index contributed by atoms with van der Waals surface area (Å²) in [7, 11) is 0. The Bertz CT molecular complexity index is 223. The summed E-state index contributed by atoms with van der Waals surface area (Å²) < 4.78 is 40.9. The Morgan fingerprint density at radius 1 is 1.15 bits per heavy atom. The Balaban J connectivity index is 3.26. The minimum absolute atomic E-state index is 0.123. The molecule has 0 aliphatic heterocycles. The van der Waals surface area contributed by atoms with Crippen LogP contribution >= 0.6 is 0 Å². The molecule has 0 heterocycles. The Morgan fingerprint density at radius 2 is 1.85 bits per heavy atom. The molecule has 1 atom stereocenters. The van der Waals surface area contributed by atoms with Crippen LogP contribution in [0.3, 0.4) is 0 Å². The normalized spacial score (nSPS) is 13.9. The first-order valence-electron chi connectivity index (χ1n) is 7.34. The van der Waals surface area contributed by atoms with Crippen molar-refractivity contribution in [2.45, 2.75) is 58.2 Å². The number of ether oxygens (including phenoxy) is 1. The van der Waals surface area contributed by atoms with Crippen LogP contribution < -0.4 is 5.32 Å². The van der Waals surface area contributed by atoms with Gasteiger partial charge in [0.2, 0.25) is 0 Å². The standard InChI is InChI=1S/C14H28F3NO2/c1-12(2)6-5-9-20-11-13(19)10-18-8-4-3-7-14(15,16)17/h12-13,18-19H,3-11H2,1-2H3. The van der Waals surface area contributed by atoms with Crippen LogP contribution in [-0.2, 0) is 4.74 Å². The summed E-state index contributed by atoms with van der Waals surface area (Å²) in [6, 6.07) is 0. The summed E-state index contributed by atoms with van der Waals surface area (Å²) >= 11 is 0. The topological polar surface area (TPSA) is 41.5 Å². The van der Waals surface area contributed by atoms with Gasteiger partial charge in [0.05, 0.1) is 12.7 Å². The molecular weight excluding hydrogens is 271 g/mol. The molecule has 0 spiro atoms. The zero-order valence-electron chi connectivity index (χ0n) is 12.5. The van der Waals surface area contributed by atoms with Crippen molar-refractivity contribution >= 4 is 0 Å². The largest absolute Gasteiger partial charge is 0.389 e. The molecule has 2 N–H and O–H groups in total. The number of alkyl halides is 3. The average Bonchev–Trinajstić information content (AvgIpc) is 2.31. The molecule has 0 rings (SSSR count). The predicted octanol–water partition coefficient (Wildman–Crippen LogP) is 3.12. The van der Waals surface area contributed by atoms with E-state index in [9.17, 15) is 18.3 Å². The van der Waals surface area contributed by atoms with Crippen LogP contribution in [0.5, 0.6) is 0 Å². The van der Waals surface area contributed by atoms with Crippen LogP contribution in [0.4, 0.5) is 13.2 Å². The van der Waals surface area contributed by atoms with E-state index < -0.39 is 18.7 Å². The number of rotatable bonds is 12. The van der Waals surface area contributed by atoms with Gasteiger partial charge in [-0.25, -0.2) is 0 Å². The van der Waals surface area contributed by atoms with Crippen LogP contribution in [0.1, 0.15) is 46.0 Å². The Hall–Kier alpha value is -0.330. The van der Waals surface area contributed by atoms with Gasteiger partial charge >= 0.3 is 6.18 Å². The Kier molecular flexibility index (Phi) is 11.2. The van der Waals surface area contributed by atoms with E-state index in [2.05, 4.69) is 19.2 Å². The van der Waals surface area contributed by atoms with E-state index in [0.29, 0.717) is 32.0 Å². The molecule has 1 unspecified atom stereocenters. The Labute approximate surface area is 119 Å². The first kappa shape index (κ1) is 19.7. The minimum atomic E-state index is -4.07. The zero-order chi connectivity index (χ0) is 15.4. The number of halogens is 3. The molecule has 0 aromatic rings. The third kappa shape index (κ3) is 15.7. The molecule has 0 bridgehead atoms. The molecule has 20 heavy (non-hydrogen) atoms. The van der Waals surface area contributed by atoms with Gasteiger partial charge in [-0.05, 0) is 38.1 Å². The molecule has 122 valence electrons. The maximum Gasteiger partial charge on any atom is 0.389 e. The van der Waals surface area contributed by atoms with Crippen molar-refractivity contribution in [2.75, 3.05) is 26.3 Å². The summed E-state index contributed by atoms with van der Waals surface area (Å²) in [6.45, 7) is 6.06. The molecule has 0 fully saturated rings. The molecule has 3 nitrogen and oxygen atoms in total. The van der Waals surface area contributed by atoms with E-state index in [1.807, 2.05) is 0 Å². The average molecular weight is 299 g/mol. The third-order valence-corrected chi connectivity index (χ3v) is 2.82. The second-order valence-electron chi connectivity index (χ2n) is 5.54. The lowest BCUT2D eigenvalue weighted by molar-refractivity contribution is -0.135. The highest BCUT2D eigenvalue weighted by Gasteiger charge is 2.25. The smallest absolute Gasteiger partial charge is 0.389 e. The summed E-state index contributed by atoms with van der Waals surface area (Å²) in [5, 5.41) is 12.5. The zero-order valence-corrected chi connectivity index (χ0v) is 12.5. The lowest BCUT2D eigenvalue weighted by Gasteiger charge is -2.13. The molecule has 0 saturated heterocycles. The molecule has 0 saturated carbocycles. The van der Waals surface area contributed by atoms with Gasteiger partial charge < -0.3 is 15.2 Å². The maximum atomic E-state index is 11.9. The monoisotopic (exact) mass is 299 g/mol. The van der Waals surface area contributed by atoms with Crippen molar-refractivity contribution in [3.05, 3.63) is 0 Å². The van der Waals surface area contributed by atoms with E-state index in [1.165, 1.54) is 0 Å². The van der Waals surface area contributed by atoms with E-state index in [4.69, 9.17) is 4.74 Å². The lowest BCUT2D eigenvalue weighted by Crippen LogP contribution is -2.31. The molecule has 0 amide bonds. The number of aliphatic hydroxyl groups is 1. The van der Waals surface area contributed by atoms with Crippen molar-refractivity contribution in [3.63, 3.8) is 0 Å². The maximum absolute atomic E-state index is 11.9. The fraction of sp³-hybridized carbons (Fsp3) is 1.00. The van der Waals surface area contributed by atoms with Crippen LogP contribution in [0.25, 0.3) is 0 Å². The molecule has 0 radical (unpaired) electrons. The van der Waals surface area contributed by atoms with E-state index in [1.54, 1.807) is 0 Å². The summed E-state index contributed by atoms with van der Waals surface area (Å²) in [4.78, 5) is 0. The van der Waals surface area contributed by atoms with Crippen molar-refractivity contribution in [2.24, 2.45) is 5.92 Å². The summed E-state index contributed by atoms with van der Waals surface area (Å²) in [6.07, 6.45) is -2.74. The van der Waals surface area contributed by atoms with Gasteiger partial charge in [-0.1, -0.05) is 13.8 Å². The second kappa shape index (κ2) is 11.3. The van der Waals surface area contributed by atoms with Gasteiger partial charge in [-0.3, -0.25) is 0 Å². The van der Waals surface area contributed by atoms with Gasteiger partial charge in [0, 0.05) is 19.6 Å². The quantitative estimate of drug-likeness (QED) is 0.544. The molecule has 0 aromatic heterocycles. The third-order valence-electron chi connectivity index (χ3n) is 2.82. The SMILES string of the molecule is CC(C)CCCOCC(O)CNCCCCC(F)(F)F. The van der Waals surface area contributed by atoms with Gasteiger partial charge in [0.15, 0.2) is 0 Å². The van der Waals surface area contributed by atoms with Crippen LogP contribution in [0.15, 0.2) is 0 Å². The van der Waals surface area contributed by atoms with Crippen molar-refractivity contribution in [1.82, 2.24) is 5.32 Å². The highest BCUT2D eigenvalue weighted by molar-refractivity contribution is 4.59. The predicted molar refractivity (Wildman–Crippen MR) is 73.7 cm³/mol. The van der Waals surface area contributed by atoms with Crippen LogP contribution in [0, 0.1) is 5.92 Å². The molecule has 0 aromatic carbocycles. The van der Waals surface area contributed by atoms with E-state index >= 15 is 0 Å². The number of nitrogens with one attached hydrogen (secondary N) is 1. The first-order chi connectivity index (χ1) is 9.31. The second-order valence-corrected chi connectivity index (χ2v) is 5.54. The number of hydrogen-bond acceptors (Lipinski definition) is 3. The molecule has 0 aliphatic carbocycles. The van der Waals surface area contributed by atoms with Crippen molar-refractivity contribution in [3.8, 4) is 0 Å². The highest BCUT2D eigenvalue weighted by atomic mass is 19.4. The van der Waals surface area contributed by atoms with Gasteiger partial charge in [0.25, 0.3) is 0 Å². The lowest BCUT2D eigenvalue weighted by atomic mass is 10.1. The molecular formula is C14H28F3NO2. The minimum Gasteiger partial charge on any atom is -0.389 e. The summed E-state index contributed by atoms with van der Waals surface area (Å²) in [5.41, 5.74) is 0. The molecule has 6 heteroatoms. The fourth-order valence-electron chi connectivity index (χ4n) is 1.72. The number of unbranched alkanes of at least 4 members (excludes halogenated alkanes) is 1. The highest BCUT2D eigenvalue weighted by Crippen LogP contribution is 2.21. The van der Waals surface area contributed by atoms with Crippen molar-refractivity contribution < 1.29 is 23.0 Å². The first-order valence-corrected chi connectivity index (χ1v) is 7.34. The number of hydrogen-bond donors (Lipinski definition) is 2. The Morgan fingerprint density at radius 3 is 2.45 bits per heavy atom. The fourth-order valence-corrected chi connectivity index (χ4v) is 1.72. The molecule has 0 aliphatic rings.